The maximum atomic E-state index is 11.1. The topological polar surface area (TPSA) is 37.3 Å². The SMILES string of the molecule is CC(C)=CCCC(C)=CCCC(C)=CCCC(C)=CCC(C)(C)C(=O)O. The van der Waals surface area contributed by atoms with Gasteiger partial charge in [-0.05, 0) is 93.4 Å². The molecule has 0 saturated heterocycles. The normalized spacial score (nSPS) is 13.7. The van der Waals surface area contributed by atoms with Crippen LogP contribution >= 0.6 is 0 Å². The Morgan fingerprint density at radius 3 is 1.50 bits per heavy atom. The fourth-order valence-electron chi connectivity index (χ4n) is 2.50. The van der Waals surface area contributed by atoms with Gasteiger partial charge in [0.1, 0.15) is 0 Å². The van der Waals surface area contributed by atoms with Gasteiger partial charge in [0.25, 0.3) is 0 Å². The highest BCUT2D eigenvalue weighted by Crippen LogP contribution is 2.23. The van der Waals surface area contributed by atoms with Crippen molar-refractivity contribution in [2.24, 2.45) is 5.41 Å². The van der Waals surface area contributed by atoms with E-state index in [2.05, 4.69) is 58.9 Å². The van der Waals surface area contributed by atoms with Gasteiger partial charge in [-0.25, -0.2) is 0 Å². The first-order chi connectivity index (χ1) is 12.0. The van der Waals surface area contributed by atoms with Gasteiger partial charge in [0.2, 0.25) is 0 Å². The molecule has 0 atom stereocenters. The Kier molecular flexibility index (Phi) is 12.0. The monoisotopic (exact) mass is 360 g/mol. The number of carbonyl (C=O) groups is 1. The van der Waals surface area contributed by atoms with E-state index in [4.69, 9.17) is 5.11 Å². The van der Waals surface area contributed by atoms with Crippen molar-refractivity contribution in [1.82, 2.24) is 0 Å². The molecule has 0 aromatic carbocycles. The third kappa shape index (κ3) is 12.7. The van der Waals surface area contributed by atoms with Crippen molar-refractivity contribution in [3.8, 4) is 0 Å². The van der Waals surface area contributed by atoms with Gasteiger partial charge in [-0.2, -0.15) is 0 Å². The minimum absolute atomic E-state index is 0.591. The number of carboxylic acid groups (broad SMARTS) is 1. The molecule has 0 spiro atoms. The summed E-state index contributed by atoms with van der Waals surface area (Å²) in [4.78, 5) is 11.1. The van der Waals surface area contributed by atoms with E-state index >= 15 is 0 Å². The van der Waals surface area contributed by atoms with Crippen LogP contribution in [0.1, 0.15) is 93.4 Å². The standard InChI is InChI=1S/C24H40O2/c1-19(2)11-8-12-20(3)13-9-14-21(4)15-10-16-22(5)17-18-24(6,7)23(25)26/h11,13,15,17H,8-10,12,14,16,18H2,1-7H3,(H,25,26). The molecule has 0 saturated carbocycles. The Balaban J connectivity index is 4.18. The summed E-state index contributed by atoms with van der Waals surface area (Å²) in [6.45, 7) is 14.4. The number of carboxylic acids is 1. The zero-order valence-corrected chi connectivity index (χ0v) is 18.1. The van der Waals surface area contributed by atoms with Gasteiger partial charge >= 0.3 is 5.97 Å². The smallest absolute Gasteiger partial charge is 0.309 e. The summed E-state index contributed by atoms with van der Waals surface area (Å²) in [5.41, 5.74) is 4.92. The van der Waals surface area contributed by atoms with E-state index in [0.717, 1.165) is 38.5 Å². The lowest BCUT2D eigenvalue weighted by Crippen LogP contribution is -2.22. The van der Waals surface area contributed by atoms with Crippen LogP contribution in [0.3, 0.4) is 0 Å². The molecule has 0 aliphatic rings. The van der Waals surface area contributed by atoms with Gasteiger partial charge in [-0.1, -0.05) is 46.6 Å². The Bertz CT molecular complexity index is 553. The molecule has 148 valence electrons. The average molecular weight is 361 g/mol. The summed E-state index contributed by atoms with van der Waals surface area (Å²) in [6, 6.07) is 0. The Labute approximate surface area is 161 Å². The highest BCUT2D eigenvalue weighted by Gasteiger charge is 2.25. The van der Waals surface area contributed by atoms with Gasteiger partial charge in [0.05, 0.1) is 5.41 Å². The second-order valence-electron chi connectivity index (χ2n) is 8.44. The molecule has 0 fully saturated rings. The van der Waals surface area contributed by atoms with Crippen molar-refractivity contribution in [3.05, 3.63) is 46.6 Å². The summed E-state index contributed by atoms with van der Waals surface area (Å²) < 4.78 is 0. The average Bonchev–Trinajstić information content (AvgIpc) is 2.52. The van der Waals surface area contributed by atoms with Gasteiger partial charge in [-0.3, -0.25) is 4.79 Å². The molecule has 0 aliphatic heterocycles. The molecule has 0 bridgehead atoms. The molecular weight excluding hydrogens is 320 g/mol. The summed E-state index contributed by atoms with van der Waals surface area (Å²) in [5, 5.41) is 9.15. The van der Waals surface area contributed by atoms with Crippen LogP contribution in [0, 0.1) is 5.41 Å². The van der Waals surface area contributed by atoms with Crippen molar-refractivity contribution in [2.45, 2.75) is 93.4 Å². The number of allylic oxidation sites excluding steroid dienone is 8. The van der Waals surface area contributed by atoms with Gasteiger partial charge in [-0.15, -0.1) is 0 Å². The molecule has 0 rings (SSSR count). The van der Waals surface area contributed by atoms with Crippen LogP contribution in [0.4, 0.5) is 0 Å². The zero-order valence-electron chi connectivity index (χ0n) is 18.1. The summed E-state index contributed by atoms with van der Waals surface area (Å²) >= 11 is 0. The van der Waals surface area contributed by atoms with Crippen LogP contribution in [0.2, 0.25) is 0 Å². The predicted octanol–water partition coefficient (Wildman–Crippen LogP) is 7.63. The Morgan fingerprint density at radius 1 is 0.731 bits per heavy atom. The quantitative estimate of drug-likeness (QED) is 0.363. The van der Waals surface area contributed by atoms with Crippen molar-refractivity contribution in [3.63, 3.8) is 0 Å². The van der Waals surface area contributed by atoms with E-state index in [9.17, 15) is 4.79 Å². The minimum Gasteiger partial charge on any atom is -0.481 e. The molecule has 0 heterocycles. The second-order valence-corrected chi connectivity index (χ2v) is 8.44. The molecule has 1 N–H and O–H groups in total. The van der Waals surface area contributed by atoms with Gasteiger partial charge in [0, 0.05) is 0 Å². The second kappa shape index (κ2) is 12.7. The summed E-state index contributed by atoms with van der Waals surface area (Å²) in [6.07, 6.45) is 16.2. The molecule has 0 unspecified atom stereocenters. The lowest BCUT2D eigenvalue weighted by atomic mass is 9.88. The van der Waals surface area contributed by atoms with Crippen molar-refractivity contribution < 1.29 is 9.90 Å². The van der Waals surface area contributed by atoms with Crippen molar-refractivity contribution >= 4 is 5.97 Å². The van der Waals surface area contributed by atoms with E-state index in [1.165, 1.54) is 22.3 Å². The van der Waals surface area contributed by atoms with Crippen molar-refractivity contribution in [2.75, 3.05) is 0 Å². The van der Waals surface area contributed by atoms with E-state index in [1.807, 2.05) is 0 Å². The van der Waals surface area contributed by atoms with Crippen LogP contribution in [0.25, 0.3) is 0 Å². The van der Waals surface area contributed by atoms with E-state index in [1.54, 1.807) is 13.8 Å². The zero-order chi connectivity index (χ0) is 20.2. The van der Waals surface area contributed by atoms with Crippen LogP contribution < -0.4 is 0 Å². The molecule has 0 amide bonds. The molecule has 0 aliphatic carbocycles. The maximum absolute atomic E-state index is 11.1. The van der Waals surface area contributed by atoms with E-state index < -0.39 is 11.4 Å². The molecule has 0 aromatic rings. The number of hydrogen-bond acceptors (Lipinski definition) is 1. The molecule has 0 aromatic heterocycles. The fraction of sp³-hybridized carbons (Fsp3) is 0.625. The number of hydrogen-bond donors (Lipinski definition) is 1. The lowest BCUT2D eigenvalue weighted by molar-refractivity contribution is -0.146. The summed E-state index contributed by atoms with van der Waals surface area (Å²) in [5.74, 6) is -0.735. The highest BCUT2D eigenvalue weighted by molar-refractivity contribution is 5.73. The predicted molar refractivity (Wildman–Crippen MR) is 114 cm³/mol. The highest BCUT2D eigenvalue weighted by atomic mass is 16.4. The summed E-state index contributed by atoms with van der Waals surface area (Å²) in [7, 11) is 0. The molecule has 2 heteroatoms. The van der Waals surface area contributed by atoms with Crippen LogP contribution in [0.5, 0.6) is 0 Å². The van der Waals surface area contributed by atoms with Gasteiger partial charge in [0.15, 0.2) is 0 Å². The number of aliphatic carboxylic acids is 1. The van der Waals surface area contributed by atoms with Crippen LogP contribution in [0.15, 0.2) is 46.6 Å². The largest absolute Gasteiger partial charge is 0.481 e. The Hall–Kier alpha value is -1.57. The van der Waals surface area contributed by atoms with E-state index in [-0.39, 0.29) is 0 Å². The third-order valence-electron chi connectivity index (χ3n) is 4.69. The first-order valence-corrected chi connectivity index (χ1v) is 9.88. The lowest BCUT2D eigenvalue weighted by Gasteiger charge is -2.16. The molecule has 26 heavy (non-hydrogen) atoms. The van der Waals surface area contributed by atoms with Crippen LogP contribution in [-0.4, -0.2) is 11.1 Å². The van der Waals surface area contributed by atoms with Crippen LogP contribution in [-0.2, 0) is 4.79 Å². The molecule has 0 radical (unpaired) electrons. The molecular formula is C24H40O2. The third-order valence-corrected chi connectivity index (χ3v) is 4.69. The van der Waals surface area contributed by atoms with Crippen molar-refractivity contribution in [1.29, 1.82) is 0 Å². The van der Waals surface area contributed by atoms with E-state index in [0.29, 0.717) is 6.42 Å². The fourth-order valence-corrected chi connectivity index (χ4v) is 2.50. The van der Waals surface area contributed by atoms with Gasteiger partial charge < -0.3 is 5.11 Å². The minimum atomic E-state index is -0.735. The Morgan fingerprint density at radius 2 is 1.12 bits per heavy atom. The number of rotatable bonds is 12. The molecule has 2 nitrogen and oxygen atoms in total. The first-order valence-electron chi connectivity index (χ1n) is 9.88. The first kappa shape index (κ1) is 24.4. The maximum Gasteiger partial charge on any atom is 0.309 e.